The number of methoxy groups -OCH3 is 1. The first-order valence-corrected chi connectivity index (χ1v) is 6.27. The zero-order chi connectivity index (χ0) is 13.4. The van der Waals surface area contributed by atoms with E-state index in [1.165, 1.54) is 6.42 Å². The molecule has 3 rings (SSSR count). The monoisotopic (exact) mass is 259 g/mol. The largest absolute Gasteiger partial charge is 0.494 e. The quantitative estimate of drug-likeness (QED) is 0.841. The molecule has 100 valence electrons. The predicted octanol–water partition coefficient (Wildman–Crippen LogP) is 1.28. The average Bonchev–Trinajstić information content (AvgIpc) is 2.73. The van der Waals surface area contributed by atoms with Crippen LogP contribution in [0.15, 0.2) is 18.5 Å². The lowest BCUT2D eigenvalue weighted by Crippen LogP contribution is -2.37. The number of rotatable bonds is 3. The van der Waals surface area contributed by atoms with E-state index in [1.807, 2.05) is 19.2 Å². The van der Waals surface area contributed by atoms with E-state index in [9.17, 15) is 0 Å². The van der Waals surface area contributed by atoms with Crippen LogP contribution in [-0.2, 0) is 7.05 Å². The molecule has 0 unspecified atom stereocenters. The van der Waals surface area contributed by atoms with E-state index in [-0.39, 0.29) is 0 Å². The van der Waals surface area contributed by atoms with Crippen molar-refractivity contribution in [3.63, 3.8) is 0 Å². The topological polar surface area (TPSA) is 69.2 Å². The Kier molecular flexibility index (Phi) is 2.77. The van der Waals surface area contributed by atoms with Gasteiger partial charge in [0.05, 0.1) is 18.4 Å². The first-order valence-electron chi connectivity index (χ1n) is 6.27. The lowest BCUT2D eigenvalue weighted by atomic mass is 10.1. The van der Waals surface area contributed by atoms with Crippen molar-refractivity contribution in [2.24, 2.45) is 7.05 Å². The van der Waals surface area contributed by atoms with Crippen LogP contribution in [-0.4, -0.2) is 35.0 Å². The maximum absolute atomic E-state index is 6.08. The van der Waals surface area contributed by atoms with Crippen molar-refractivity contribution in [2.45, 2.75) is 6.42 Å². The second kappa shape index (κ2) is 4.46. The van der Waals surface area contributed by atoms with Crippen LogP contribution in [0, 0.1) is 0 Å². The van der Waals surface area contributed by atoms with Gasteiger partial charge < -0.3 is 15.4 Å². The maximum atomic E-state index is 6.08. The molecule has 0 saturated carbocycles. The molecule has 0 spiro atoms. The van der Waals surface area contributed by atoms with E-state index in [0.717, 1.165) is 24.3 Å². The molecule has 1 aromatic heterocycles. The van der Waals surface area contributed by atoms with Crippen LogP contribution in [0.3, 0.4) is 0 Å². The van der Waals surface area contributed by atoms with Crippen molar-refractivity contribution in [1.82, 2.24) is 14.8 Å². The summed E-state index contributed by atoms with van der Waals surface area (Å²) < 4.78 is 7.06. The zero-order valence-corrected chi connectivity index (χ0v) is 11.1. The number of anilines is 2. The number of benzene rings is 1. The van der Waals surface area contributed by atoms with E-state index in [1.54, 1.807) is 18.1 Å². The first kappa shape index (κ1) is 11.8. The van der Waals surface area contributed by atoms with Crippen LogP contribution < -0.4 is 15.4 Å². The zero-order valence-electron chi connectivity index (χ0n) is 11.1. The minimum Gasteiger partial charge on any atom is -0.494 e. The number of hydrogen-bond acceptors (Lipinski definition) is 5. The van der Waals surface area contributed by atoms with Gasteiger partial charge in [-0.3, -0.25) is 4.68 Å². The van der Waals surface area contributed by atoms with E-state index in [4.69, 9.17) is 10.5 Å². The summed E-state index contributed by atoms with van der Waals surface area (Å²) in [5.41, 5.74) is 8.64. The number of nitrogens with zero attached hydrogens (tertiary/aromatic N) is 4. The molecule has 1 aliphatic heterocycles. The van der Waals surface area contributed by atoms with Crippen LogP contribution in [0.25, 0.3) is 11.4 Å². The van der Waals surface area contributed by atoms with Crippen molar-refractivity contribution in [3.05, 3.63) is 18.5 Å². The molecule has 19 heavy (non-hydrogen) atoms. The maximum Gasteiger partial charge on any atom is 0.184 e. The Morgan fingerprint density at radius 1 is 1.32 bits per heavy atom. The van der Waals surface area contributed by atoms with Crippen molar-refractivity contribution in [3.8, 4) is 17.1 Å². The molecule has 0 radical (unpaired) electrons. The van der Waals surface area contributed by atoms with Gasteiger partial charge in [-0.2, -0.15) is 5.10 Å². The molecular weight excluding hydrogens is 242 g/mol. The van der Waals surface area contributed by atoms with E-state index < -0.39 is 0 Å². The predicted molar refractivity (Wildman–Crippen MR) is 74.2 cm³/mol. The summed E-state index contributed by atoms with van der Waals surface area (Å²) >= 11 is 0. The lowest BCUT2D eigenvalue weighted by Gasteiger charge is -2.33. The Balaban J connectivity index is 2.11. The van der Waals surface area contributed by atoms with Gasteiger partial charge >= 0.3 is 0 Å². The molecule has 2 heterocycles. The molecule has 2 aromatic rings. The average molecular weight is 259 g/mol. The molecule has 1 saturated heterocycles. The summed E-state index contributed by atoms with van der Waals surface area (Å²) in [7, 11) is 3.45. The van der Waals surface area contributed by atoms with Crippen LogP contribution in [0.1, 0.15) is 6.42 Å². The standard InChI is InChI=1S/C13H17N5O/c1-17-8-15-13(16-17)10-6-9(18-4-3-5-18)7-11(14)12(10)19-2/h6-8H,3-5,14H2,1-2H3. The smallest absolute Gasteiger partial charge is 0.184 e. The molecule has 1 aliphatic rings. The lowest BCUT2D eigenvalue weighted by molar-refractivity contribution is 0.418. The number of nitrogens with two attached hydrogens (primary N) is 1. The molecule has 1 aromatic carbocycles. The van der Waals surface area contributed by atoms with Gasteiger partial charge in [-0.25, -0.2) is 4.98 Å². The van der Waals surface area contributed by atoms with Gasteiger partial charge in [0.15, 0.2) is 11.6 Å². The third kappa shape index (κ3) is 1.99. The Morgan fingerprint density at radius 2 is 2.11 bits per heavy atom. The highest BCUT2D eigenvalue weighted by Gasteiger charge is 2.20. The second-order valence-electron chi connectivity index (χ2n) is 4.70. The molecule has 2 N–H and O–H groups in total. The Morgan fingerprint density at radius 3 is 2.63 bits per heavy atom. The van der Waals surface area contributed by atoms with Crippen LogP contribution in [0.2, 0.25) is 0 Å². The van der Waals surface area contributed by atoms with Crippen LogP contribution in [0.4, 0.5) is 11.4 Å². The van der Waals surface area contributed by atoms with E-state index in [2.05, 4.69) is 15.0 Å². The van der Waals surface area contributed by atoms with Gasteiger partial charge in [0.1, 0.15) is 6.33 Å². The summed E-state index contributed by atoms with van der Waals surface area (Å²) in [5, 5.41) is 4.33. The number of aromatic nitrogens is 3. The molecule has 0 amide bonds. The third-order valence-corrected chi connectivity index (χ3v) is 3.37. The summed E-state index contributed by atoms with van der Waals surface area (Å²) in [5.74, 6) is 1.27. The van der Waals surface area contributed by atoms with Crippen LogP contribution >= 0.6 is 0 Å². The van der Waals surface area contributed by atoms with E-state index >= 15 is 0 Å². The first-order chi connectivity index (χ1) is 9.19. The minimum atomic E-state index is 0.620. The van der Waals surface area contributed by atoms with Crippen molar-refractivity contribution < 1.29 is 4.74 Å². The van der Waals surface area contributed by atoms with Crippen LogP contribution in [0.5, 0.6) is 5.75 Å². The molecule has 6 nitrogen and oxygen atoms in total. The molecule has 0 aliphatic carbocycles. The molecule has 1 fully saturated rings. The highest BCUT2D eigenvalue weighted by molar-refractivity contribution is 5.79. The number of ether oxygens (including phenoxy) is 1. The fraction of sp³-hybridized carbons (Fsp3) is 0.385. The summed E-state index contributed by atoms with van der Waals surface area (Å²) in [4.78, 5) is 6.56. The number of aryl methyl sites for hydroxylation is 1. The van der Waals surface area contributed by atoms with Crippen molar-refractivity contribution >= 4 is 11.4 Å². The highest BCUT2D eigenvalue weighted by Crippen LogP contribution is 2.38. The second-order valence-corrected chi connectivity index (χ2v) is 4.70. The molecule has 0 bridgehead atoms. The Bertz CT molecular complexity index is 603. The minimum absolute atomic E-state index is 0.620. The summed E-state index contributed by atoms with van der Waals surface area (Å²) in [6.07, 6.45) is 2.89. The van der Waals surface area contributed by atoms with Gasteiger partial charge in [0.2, 0.25) is 0 Å². The van der Waals surface area contributed by atoms with Gasteiger partial charge in [-0.15, -0.1) is 0 Å². The summed E-state index contributed by atoms with van der Waals surface area (Å²) in [6, 6.07) is 3.99. The SMILES string of the molecule is COc1c(N)cc(N2CCC2)cc1-c1ncn(C)n1. The summed E-state index contributed by atoms with van der Waals surface area (Å²) in [6.45, 7) is 2.14. The van der Waals surface area contributed by atoms with Crippen molar-refractivity contribution in [1.29, 1.82) is 0 Å². The third-order valence-electron chi connectivity index (χ3n) is 3.37. The fourth-order valence-electron chi connectivity index (χ4n) is 2.25. The van der Waals surface area contributed by atoms with Crippen molar-refractivity contribution in [2.75, 3.05) is 30.8 Å². The highest BCUT2D eigenvalue weighted by atomic mass is 16.5. The number of nitrogen functional groups attached to an aromatic ring is 1. The molecule has 0 atom stereocenters. The Hall–Kier alpha value is -2.24. The van der Waals surface area contributed by atoms with Gasteiger partial charge in [0, 0.05) is 25.8 Å². The molecular formula is C13H17N5O. The van der Waals surface area contributed by atoms with Gasteiger partial charge in [-0.05, 0) is 18.6 Å². The van der Waals surface area contributed by atoms with E-state index in [0.29, 0.717) is 17.3 Å². The normalized spacial score (nSPS) is 14.3. The number of hydrogen-bond donors (Lipinski definition) is 1. The van der Waals surface area contributed by atoms with Gasteiger partial charge in [-0.1, -0.05) is 0 Å². The fourth-order valence-corrected chi connectivity index (χ4v) is 2.25. The van der Waals surface area contributed by atoms with Gasteiger partial charge in [0.25, 0.3) is 0 Å². The molecule has 6 heteroatoms. The Labute approximate surface area is 111 Å².